The standard InChI is InChI=1S/C13H20F2N2O/c1-3-6-13(2,18)8-17-11-5-4-9(16)7-10(11)12(14)15/h4-5,7,12,17-18H,3,6,8,16H2,1-2H3. The van der Waals surface area contributed by atoms with Gasteiger partial charge in [-0.05, 0) is 31.5 Å². The molecule has 0 spiro atoms. The zero-order valence-electron chi connectivity index (χ0n) is 10.7. The predicted molar refractivity (Wildman–Crippen MR) is 69.8 cm³/mol. The molecule has 102 valence electrons. The van der Waals surface area contributed by atoms with Crippen LogP contribution in [0, 0.1) is 0 Å². The number of nitrogens with one attached hydrogen (secondary N) is 1. The first-order valence-corrected chi connectivity index (χ1v) is 5.99. The maximum absolute atomic E-state index is 12.8. The first-order valence-electron chi connectivity index (χ1n) is 5.99. The van der Waals surface area contributed by atoms with Gasteiger partial charge in [-0.1, -0.05) is 13.3 Å². The Morgan fingerprint density at radius 1 is 1.44 bits per heavy atom. The average molecular weight is 258 g/mol. The van der Waals surface area contributed by atoms with Crippen LogP contribution in [0.15, 0.2) is 18.2 Å². The van der Waals surface area contributed by atoms with Gasteiger partial charge in [0.15, 0.2) is 0 Å². The molecule has 1 aromatic rings. The van der Waals surface area contributed by atoms with E-state index >= 15 is 0 Å². The van der Waals surface area contributed by atoms with Crippen LogP contribution in [0.4, 0.5) is 20.2 Å². The van der Waals surface area contributed by atoms with Gasteiger partial charge < -0.3 is 16.2 Å². The van der Waals surface area contributed by atoms with E-state index in [0.29, 0.717) is 17.8 Å². The molecule has 0 amide bonds. The fraction of sp³-hybridized carbons (Fsp3) is 0.538. The van der Waals surface area contributed by atoms with Gasteiger partial charge in [0.05, 0.1) is 5.60 Å². The summed E-state index contributed by atoms with van der Waals surface area (Å²) in [6, 6.07) is 4.32. The highest BCUT2D eigenvalue weighted by molar-refractivity contribution is 5.58. The summed E-state index contributed by atoms with van der Waals surface area (Å²) in [5, 5.41) is 12.8. The van der Waals surface area contributed by atoms with Gasteiger partial charge in [0.2, 0.25) is 0 Å². The Kier molecular flexibility index (Phi) is 4.90. The van der Waals surface area contributed by atoms with E-state index in [2.05, 4.69) is 5.32 Å². The lowest BCUT2D eigenvalue weighted by molar-refractivity contribution is 0.0635. The van der Waals surface area contributed by atoms with Crippen molar-refractivity contribution >= 4 is 11.4 Å². The second-order valence-corrected chi connectivity index (χ2v) is 4.75. The van der Waals surface area contributed by atoms with Crippen molar-refractivity contribution in [2.45, 2.75) is 38.7 Å². The highest BCUT2D eigenvalue weighted by Gasteiger charge is 2.20. The predicted octanol–water partition coefficient (Wildman–Crippen LogP) is 3.17. The Labute approximate surface area is 106 Å². The van der Waals surface area contributed by atoms with Crippen molar-refractivity contribution in [2.24, 2.45) is 0 Å². The summed E-state index contributed by atoms with van der Waals surface area (Å²) in [7, 11) is 0. The molecule has 0 bridgehead atoms. The molecule has 0 radical (unpaired) electrons. The van der Waals surface area contributed by atoms with Gasteiger partial charge in [-0.25, -0.2) is 8.78 Å². The van der Waals surface area contributed by atoms with Crippen molar-refractivity contribution in [1.82, 2.24) is 0 Å². The molecule has 1 rings (SSSR count). The topological polar surface area (TPSA) is 58.3 Å². The monoisotopic (exact) mass is 258 g/mol. The second kappa shape index (κ2) is 6.00. The van der Waals surface area contributed by atoms with E-state index in [1.54, 1.807) is 13.0 Å². The van der Waals surface area contributed by atoms with Crippen LogP contribution in [0.3, 0.4) is 0 Å². The Hall–Kier alpha value is -1.36. The van der Waals surface area contributed by atoms with Crippen LogP contribution in [0.1, 0.15) is 38.7 Å². The summed E-state index contributed by atoms with van der Waals surface area (Å²) in [5.41, 5.74) is 5.06. The molecule has 5 heteroatoms. The molecule has 1 atom stereocenters. The summed E-state index contributed by atoms with van der Waals surface area (Å²) in [4.78, 5) is 0. The Morgan fingerprint density at radius 3 is 2.67 bits per heavy atom. The quantitative estimate of drug-likeness (QED) is 0.687. The minimum atomic E-state index is -2.59. The van der Waals surface area contributed by atoms with Crippen molar-refractivity contribution in [1.29, 1.82) is 0 Å². The maximum Gasteiger partial charge on any atom is 0.265 e. The summed E-state index contributed by atoms with van der Waals surface area (Å²) >= 11 is 0. The van der Waals surface area contributed by atoms with Gasteiger partial charge >= 0.3 is 0 Å². The highest BCUT2D eigenvalue weighted by Crippen LogP contribution is 2.29. The molecule has 1 aromatic carbocycles. The number of nitrogens with two attached hydrogens (primary N) is 1. The van der Waals surface area contributed by atoms with Crippen LogP contribution in [-0.4, -0.2) is 17.3 Å². The summed E-state index contributed by atoms with van der Waals surface area (Å²) in [5.74, 6) is 0. The van der Waals surface area contributed by atoms with Crippen molar-refractivity contribution in [3.05, 3.63) is 23.8 Å². The lowest BCUT2D eigenvalue weighted by atomic mass is 10.0. The summed E-state index contributed by atoms with van der Waals surface area (Å²) < 4.78 is 25.6. The van der Waals surface area contributed by atoms with Gasteiger partial charge in [0.25, 0.3) is 6.43 Å². The van der Waals surface area contributed by atoms with Gasteiger partial charge in [-0.3, -0.25) is 0 Å². The van der Waals surface area contributed by atoms with E-state index in [4.69, 9.17) is 5.73 Å². The summed E-state index contributed by atoms with van der Waals surface area (Å²) in [6.45, 7) is 3.87. The van der Waals surface area contributed by atoms with Crippen LogP contribution in [0.2, 0.25) is 0 Å². The van der Waals surface area contributed by atoms with Crippen molar-refractivity contribution in [3.63, 3.8) is 0 Å². The smallest absolute Gasteiger partial charge is 0.265 e. The minimum absolute atomic E-state index is 0.137. The number of aliphatic hydroxyl groups is 1. The molecule has 0 heterocycles. The molecule has 0 fully saturated rings. The van der Waals surface area contributed by atoms with Crippen molar-refractivity contribution in [3.8, 4) is 0 Å². The fourth-order valence-electron chi connectivity index (χ4n) is 1.84. The number of nitrogen functional groups attached to an aromatic ring is 1. The number of benzene rings is 1. The van der Waals surface area contributed by atoms with E-state index < -0.39 is 12.0 Å². The molecule has 4 N–H and O–H groups in total. The van der Waals surface area contributed by atoms with E-state index in [9.17, 15) is 13.9 Å². The normalized spacial score (nSPS) is 14.6. The van der Waals surface area contributed by atoms with Crippen LogP contribution >= 0.6 is 0 Å². The Balaban J connectivity index is 2.78. The first kappa shape index (κ1) is 14.7. The van der Waals surface area contributed by atoms with Gasteiger partial charge in [0, 0.05) is 23.5 Å². The minimum Gasteiger partial charge on any atom is -0.399 e. The van der Waals surface area contributed by atoms with E-state index in [0.717, 1.165) is 6.42 Å². The van der Waals surface area contributed by atoms with Gasteiger partial charge in [0.1, 0.15) is 0 Å². The molecular weight excluding hydrogens is 238 g/mol. The molecule has 0 saturated carbocycles. The third kappa shape index (κ3) is 4.14. The van der Waals surface area contributed by atoms with Crippen molar-refractivity contribution < 1.29 is 13.9 Å². The zero-order valence-corrected chi connectivity index (χ0v) is 10.7. The molecular formula is C13H20F2N2O. The number of halogens is 2. The molecule has 0 aliphatic rings. The van der Waals surface area contributed by atoms with Crippen LogP contribution in [0.5, 0.6) is 0 Å². The number of rotatable bonds is 6. The molecule has 3 nitrogen and oxygen atoms in total. The highest BCUT2D eigenvalue weighted by atomic mass is 19.3. The molecule has 1 unspecified atom stereocenters. The third-order valence-corrected chi connectivity index (χ3v) is 2.76. The van der Waals surface area contributed by atoms with Crippen molar-refractivity contribution in [2.75, 3.05) is 17.6 Å². The number of anilines is 2. The van der Waals surface area contributed by atoms with E-state index in [-0.39, 0.29) is 12.1 Å². The van der Waals surface area contributed by atoms with E-state index in [1.165, 1.54) is 12.1 Å². The molecule has 0 aliphatic carbocycles. The Bertz CT molecular complexity index is 395. The molecule has 0 saturated heterocycles. The van der Waals surface area contributed by atoms with Crippen LogP contribution in [0.25, 0.3) is 0 Å². The Morgan fingerprint density at radius 2 is 2.11 bits per heavy atom. The number of hydrogen-bond donors (Lipinski definition) is 3. The largest absolute Gasteiger partial charge is 0.399 e. The maximum atomic E-state index is 12.8. The lowest BCUT2D eigenvalue weighted by Gasteiger charge is -2.24. The van der Waals surface area contributed by atoms with Crippen LogP contribution < -0.4 is 11.1 Å². The third-order valence-electron chi connectivity index (χ3n) is 2.76. The van der Waals surface area contributed by atoms with E-state index in [1.807, 2.05) is 6.92 Å². The number of alkyl halides is 2. The van der Waals surface area contributed by atoms with Gasteiger partial charge in [-0.15, -0.1) is 0 Å². The van der Waals surface area contributed by atoms with Crippen LogP contribution in [-0.2, 0) is 0 Å². The SMILES string of the molecule is CCCC(C)(O)CNc1ccc(N)cc1C(F)F. The lowest BCUT2D eigenvalue weighted by Crippen LogP contribution is -2.33. The van der Waals surface area contributed by atoms with Gasteiger partial charge in [-0.2, -0.15) is 0 Å². The molecule has 18 heavy (non-hydrogen) atoms. The summed E-state index contributed by atoms with van der Waals surface area (Å²) in [6.07, 6.45) is -1.15. The molecule has 0 aliphatic heterocycles. The second-order valence-electron chi connectivity index (χ2n) is 4.75. The average Bonchev–Trinajstić information content (AvgIpc) is 2.27. The fourth-order valence-corrected chi connectivity index (χ4v) is 1.84. The first-order chi connectivity index (χ1) is 8.35. The zero-order chi connectivity index (χ0) is 13.8. The molecule has 0 aromatic heterocycles. The number of hydrogen-bond acceptors (Lipinski definition) is 3.